The summed E-state index contributed by atoms with van der Waals surface area (Å²) < 4.78 is 53.2. The molecule has 0 aliphatic carbocycles. The number of nitriles is 1. The number of amides is 4. The topological polar surface area (TPSA) is 170 Å². The Kier molecular flexibility index (Phi) is 10.3. The highest BCUT2D eigenvalue weighted by Crippen LogP contribution is 2.32. The van der Waals surface area contributed by atoms with Crippen molar-refractivity contribution in [2.75, 3.05) is 29.0 Å². The van der Waals surface area contributed by atoms with E-state index < -0.39 is 75.6 Å². The van der Waals surface area contributed by atoms with E-state index in [-0.39, 0.29) is 22.5 Å². The average Bonchev–Trinajstić information content (AvgIpc) is 3.32. The highest BCUT2D eigenvalue weighted by molar-refractivity contribution is 8.16. The molecule has 46 heavy (non-hydrogen) atoms. The molecule has 1 aliphatic rings. The highest BCUT2D eigenvalue weighted by atomic mass is 32.2. The third kappa shape index (κ3) is 7.77. The number of aromatic nitrogens is 1. The fourth-order valence-corrected chi connectivity index (χ4v) is 7.04. The maximum Gasteiger partial charge on any atom is 0.300 e. The van der Waals surface area contributed by atoms with Crippen LogP contribution in [0.2, 0.25) is 0 Å². The van der Waals surface area contributed by atoms with Crippen molar-refractivity contribution in [2.24, 2.45) is 5.92 Å². The molecule has 2 atom stereocenters. The molecule has 242 valence electrons. The van der Waals surface area contributed by atoms with Crippen molar-refractivity contribution >= 4 is 67.0 Å². The second-order valence-corrected chi connectivity index (χ2v) is 13.8. The van der Waals surface area contributed by atoms with Crippen molar-refractivity contribution in [2.45, 2.75) is 37.5 Å². The first kappa shape index (κ1) is 34.3. The molecule has 2 heterocycles. The van der Waals surface area contributed by atoms with E-state index in [4.69, 9.17) is 5.26 Å². The van der Waals surface area contributed by atoms with Gasteiger partial charge in [-0.25, -0.2) is 17.2 Å². The molecule has 1 fully saturated rings. The number of pyridine rings is 1. The average molecular weight is 673 g/mol. The van der Waals surface area contributed by atoms with E-state index in [9.17, 15) is 36.4 Å². The Balaban J connectivity index is 1.51. The zero-order valence-electron chi connectivity index (χ0n) is 24.9. The number of fused-ring (bicyclic) bond motifs is 1. The van der Waals surface area contributed by atoms with Gasteiger partial charge < -0.3 is 15.5 Å². The first-order chi connectivity index (χ1) is 21.6. The van der Waals surface area contributed by atoms with Crippen LogP contribution in [0.25, 0.3) is 10.9 Å². The van der Waals surface area contributed by atoms with E-state index in [1.54, 1.807) is 50.2 Å². The van der Waals surface area contributed by atoms with Gasteiger partial charge in [0, 0.05) is 18.0 Å². The van der Waals surface area contributed by atoms with Crippen molar-refractivity contribution in [1.29, 1.82) is 5.26 Å². The van der Waals surface area contributed by atoms with E-state index in [1.165, 1.54) is 30.5 Å². The van der Waals surface area contributed by atoms with E-state index in [0.29, 0.717) is 21.5 Å². The van der Waals surface area contributed by atoms with Gasteiger partial charge in [0.2, 0.25) is 21.8 Å². The minimum Gasteiger partial charge on any atom is -0.343 e. The van der Waals surface area contributed by atoms with E-state index >= 15 is 0 Å². The number of rotatable bonds is 9. The predicted molar refractivity (Wildman–Crippen MR) is 169 cm³/mol. The smallest absolute Gasteiger partial charge is 0.300 e. The van der Waals surface area contributed by atoms with Crippen LogP contribution in [0.5, 0.6) is 0 Å². The molecule has 1 aromatic heterocycles. The first-order valence-corrected chi connectivity index (χ1v) is 16.7. The lowest BCUT2D eigenvalue weighted by atomic mass is 10.1. The molecule has 2 aromatic carbocycles. The van der Waals surface area contributed by atoms with Gasteiger partial charge in [-0.1, -0.05) is 44.2 Å². The Bertz CT molecular complexity index is 1820. The van der Waals surface area contributed by atoms with Crippen LogP contribution >= 0.6 is 11.8 Å². The number of alkyl halides is 2. The summed E-state index contributed by atoms with van der Waals surface area (Å²) in [6.07, 6.45) is 1.42. The van der Waals surface area contributed by atoms with E-state index in [2.05, 4.69) is 15.6 Å². The lowest BCUT2D eigenvalue weighted by molar-refractivity contribution is -0.131. The first-order valence-electron chi connectivity index (χ1n) is 13.9. The number of sulfonamides is 1. The molecule has 1 saturated heterocycles. The second-order valence-electron chi connectivity index (χ2n) is 10.9. The number of halogens is 2. The van der Waals surface area contributed by atoms with E-state index in [0.717, 1.165) is 11.2 Å². The fourth-order valence-electron chi connectivity index (χ4n) is 4.87. The number of nitrogens with one attached hydrogen (secondary N) is 2. The summed E-state index contributed by atoms with van der Waals surface area (Å²) in [6.45, 7) is 1.86. The normalized spacial score (nSPS) is 16.5. The standard InChI is InChI=1S/C30H30F2N6O6S2/c1-18(2)26(45-29(42)38(46(3,43)44)19-8-5-4-6-9-19)28(41)36-23-11-7-10-21-22(12-13-34-25(21)23)27(40)35-16-24(39)37-17-30(31,32)14-20(37)15-33/h4-13,18,20,26H,14,16-17H2,1-3H3,(H,35,40)(H,36,41). The molecule has 3 aromatic rings. The zero-order chi connectivity index (χ0) is 33.8. The van der Waals surface area contributed by atoms with Crippen LogP contribution in [-0.2, 0) is 19.6 Å². The van der Waals surface area contributed by atoms with Gasteiger partial charge in [0.25, 0.3) is 11.8 Å². The largest absolute Gasteiger partial charge is 0.343 e. The Morgan fingerprint density at radius 2 is 1.83 bits per heavy atom. The molecule has 12 nitrogen and oxygen atoms in total. The summed E-state index contributed by atoms with van der Waals surface area (Å²) in [5, 5.41) is 12.7. The van der Waals surface area contributed by atoms with Gasteiger partial charge in [-0.05, 0) is 41.9 Å². The molecule has 2 unspecified atom stereocenters. The van der Waals surface area contributed by atoms with Crippen LogP contribution in [0.15, 0.2) is 60.8 Å². The predicted octanol–water partition coefficient (Wildman–Crippen LogP) is 4.01. The Morgan fingerprint density at radius 1 is 1.13 bits per heavy atom. The van der Waals surface area contributed by atoms with Crippen LogP contribution < -0.4 is 14.9 Å². The maximum atomic E-state index is 13.8. The lowest BCUT2D eigenvalue weighted by Gasteiger charge is -2.24. The summed E-state index contributed by atoms with van der Waals surface area (Å²) in [7, 11) is -4.03. The van der Waals surface area contributed by atoms with Gasteiger partial charge in [-0.3, -0.25) is 24.2 Å². The van der Waals surface area contributed by atoms with Crippen LogP contribution in [0.3, 0.4) is 0 Å². The minimum atomic E-state index is -4.03. The molecule has 0 spiro atoms. The molecule has 16 heteroatoms. The molecule has 4 rings (SSSR count). The van der Waals surface area contributed by atoms with Crippen molar-refractivity contribution in [3.8, 4) is 6.07 Å². The maximum absolute atomic E-state index is 13.8. The van der Waals surface area contributed by atoms with Gasteiger partial charge in [0.05, 0.1) is 53.1 Å². The van der Waals surface area contributed by atoms with Gasteiger partial charge in [0.15, 0.2) is 0 Å². The summed E-state index contributed by atoms with van der Waals surface area (Å²) >= 11 is 0.553. The van der Waals surface area contributed by atoms with Crippen LogP contribution in [-0.4, -0.2) is 77.8 Å². The van der Waals surface area contributed by atoms with Crippen molar-refractivity contribution in [1.82, 2.24) is 15.2 Å². The summed E-state index contributed by atoms with van der Waals surface area (Å²) in [4.78, 5) is 57.4. The van der Waals surface area contributed by atoms with Crippen molar-refractivity contribution in [3.05, 3.63) is 66.4 Å². The highest BCUT2D eigenvalue weighted by Gasteiger charge is 2.47. The monoisotopic (exact) mass is 672 g/mol. The summed E-state index contributed by atoms with van der Waals surface area (Å²) in [5.74, 6) is -5.77. The molecule has 4 amide bonds. The quantitative estimate of drug-likeness (QED) is 0.341. The molecule has 0 bridgehead atoms. The van der Waals surface area contributed by atoms with Crippen LogP contribution in [0, 0.1) is 17.2 Å². The molecule has 0 saturated carbocycles. The number of thioether (sulfide) groups is 1. The number of nitrogens with zero attached hydrogens (tertiary/aromatic N) is 4. The van der Waals surface area contributed by atoms with Crippen LogP contribution in [0.1, 0.15) is 30.6 Å². The zero-order valence-corrected chi connectivity index (χ0v) is 26.6. The molecular formula is C30H30F2N6O6S2. The number of carbonyl (C=O) groups excluding carboxylic acids is 4. The van der Waals surface area contributed by atoms with Gasteiger partial charge in [0.1, 0.15) is 6.04 Å². The fraction of sp³-hybridized carbons (Fsp3) is 0.333. The number of anilines is 2. The number of carbonyl (C=O) groups is 4. The molecular weight excluding hydrogens is 642 g/mol. The van der Waals surface area contributed by atoms with Crippen LogP contribution in [0.4, 0.5) is 25.0 Å². The van der Waals surface area contributed by atoms with E-state index in [1.807, 2.05) is 0 Å². The van der Waals surface area contributed by atoms with Gasteiger partial charge in [-0.15, -0.1) is 0 Å². The number of hydrogen-bond donors (Lipinski definition) is 2. The Morgan fingerprint density at radius 3 is 2.46 bits per heavy atom. The van der Waals surface area contributed by atoms with Crippen molar-refractivity contribution < 1.29 is 36.4 Å². The third-order valence-corrected chi connectivity index (χ3v) is 9.54. The molecule has 2 N–H and O–H groups in total. The summed E-state index contributed by atoms with van der Waals surface area (Å²) in [6, 6.07) is 14.2. The van der Waals surface area contributed by atoms with Gasteiger partial charge in [-0.2, -0.15) is 9.57 Å². The van der Waals surface area contributed by atoms with Gasteiger partial charge >= 0.3 is 5.24 Å². The summed E-state index contributed by atoms with van der Waals surface area (Å²) in [5.41, 5.74) is 0.610. The van der Waals surface area contributed by atoms with Crippen molar-refractivity contribution in [3.63, 3.8) is 0 Å². The number of para-hydroxylation sites is 2. The second kappa shape index (κ2) is 13.8. The number of benzene rings is 2. The minimum absolute atomic E-state index is 0.0779. The molecule has 1 aliphatic heterocycles. The lowest BCUT2D eigenvalue weighted by Crippen LogP contribution is -2.43. The Labute approximate surface area is 268 Å². The number of hydrogen-bond acceptors (Lipinski definition) is 9. The Hall–Kier alpha value is -4.62. The number of likely N-dealkylation sites (tertiary alicyclic amines) is 1. The SMILES string of the molecule is CC(C)C(SC(=O)N(c1ccccc1)S(C)(=O)=O)C(=O)Nc1cccc2c(C(=O)NCC(=O)N3CC(F)(F)CC3C#N)ccnc12. The molecule has 0 radical (unpaired) electrons. The third-order valence-electron chi connectivity index (χ3n) is 6.99.